The quantitative estimate of drug-likeness (QED) is 0.563. The Bertz CT molecular complexity index is 652. The molecule has 0 aliphatic heterocycles. The van der Waals surface area contributed by atoms with E-state index >= 15 is 0 Å². The van der Waals surface area contributed by atoms with Crippen LogP contribution in [0.5, 0.6) is 5.75 Å². The smallest absolute Gasteiger partial charge is 0.191 e. The lowest BCUT2D eigenvalue weighted by atomic mass is 10.1. The summed E-state index contributed by atoms with van der Waals surface area (Å²) < 4.78 is 7.42. The molecule has 0 radical (unpaired) electrons. The zero-order valence-corrected chi connectivity index (χ0v) is 14.6. The van der Waals surface area contributed by atoms with E-state index in [0.717, 1.165) is 50.0 Å². The molecule has 0 bridgehead atoms. The van der Waals surface area contributed by atoms with Gasteiger partial charge in [-0.05, 0) is 18.1 Å². The molecule has 1 aromatic heterocycles. The van der Waals surface area contributed by atoms with Gasteiger partial charge in [0.1, 0.15) is 17.9 Å². The second kappa shape index (κ2) is 9.54. The number of aromatic nitrogens is 3. The largest absolute Gasteiger partial charge is 0.496 e. The van der Waals surface area contributed by atoms with Crippen molar-refractivity contribution in [2.24, 2.45) is 4.99 Å². The normalized spacial score (nSPS) is 11.4. The molecule has 0 spiro atoms. The average Bonchev–Trinajstić information content (AvgIpc) is 3.08. The molecule has 0 unspecified atom stereocenters. The van der Waals surface area contributed by atoms with Crippen molar-refractivity contribution in [1.29, 1.82) is 0 Å². The zero-order chi connectivity index (χ0) is 17.2. The molecular formula is C17H26N6O. The van der Waals surface area contributed by atoms with Crippen LogP contribution < -0.4 is 15.4 Å². The number of nitrogens with zero attached hydrogens (tertiary/aromatic N) is 4. The summed E-state index contributed by atoms with van der Waals surface area (Å²) in [5, 5.41) is 14.6. The van der Waals surface area contributed by atoms with Crippen molar-refractivity contribution in [2.45, 2.75) is 26.3 Å². The Balaban J connectivity index is 1.74. The van der Waals surface area contributed by atoms with Crippen LogP contribution in [0, 0.1) is 0 Å². The molecule has 2 N–H and O–H groups in total. The van der Waals surface area contributed by atoms with E-state index in [1.165, 1.54) is 5.56 Å². The second-order valence-electron chi connectivity index (χ2n) is 5.28. The Morgan fingerprint density at radius 1 is 1.25 bits per heavy atom. The van der Waals surface area contributed by atoms with E-state index < -0.39 is 0 Å². The topological polar surface area (TPSA) is 76.4 Å². The molecular weight excluding hydrogens is 304 g/mol. The van der Waals surface area contributed by atoms with Crippen LogP contribution in [0.2, 0.25) is 0 Å². The van der Waals surface area contributed by atoms with E-state index in [-0.39, 0.29) is 0 Å². The summed E-state index contributed by atoms with van der Waals surface area (Å²) in [7, 11) is 3.47. The zero-order valence-electron chi connectivity index (χ0n) is 14.6. The molecule has 0 saturated heterocycles. The minimum absolute atomic E-state index is 0.763. The van der Waals surface area contributed by atoms with Gasteiger partial charge in [-0.15, -0.1) is 10.2 Å². The highest BCUT2D eigenvalue weighted by Crippen LogP contribution is 2.17. The van der Waals surface area contributed by atoms with Crippen LogP contribution in [0.3, 0.4) is 0 Å². The van der Waals surface area contributed by atoms with E-state index in [1.54, 1.807) is 20.5 Å². The Hall–Kier alpha value is -2.57. The molecule has 1 aromatic carbocycles. The summed E-state index contributed by atoms with van der Waals surface area (Å²) in [6, 6.07) is 8.06. The molecule has 0 amide bonds. The Morgan fingerprint density at radius 3 is 2.79 bits per heavy atom. The Kier molecular flexibility index (Phi) is 7.07. The lowest BCUT2D eigenvalue weighted by molar-refractivity contribution is 0.409. The minimum Gasteiger partial charge on any atom is -0.496 e. The maximum atomic E-state index is 5.37. The van der Waals surface area contributed by atoms with Crippen LogP contribution in [0.1, 0.15) is 18.3 Å². The van der Waals surface area contributed by atoms with Gasteiger partial charge in [0.15, 0.2) is 5.96 Å². The lowest BCUT2D eigenvalue weighted by Crippen LogP contribution is -2.39. The number of aryl methyl sites for hydroxylation is 1. The number of methoxy groups -OCH3 is 1. The van der Waals surface area contributed by atoms with Crippen molar-refractivity contribution in [2.75, 3.05) is 27.2 Å². The maximum Gasteiger partial charge on any atom is 0.191 e. The lowest BCUT2D eigenvalue weighted by Gasteiger charge is -2.13. The van der Waals surface area contributed by atoms with Gasteiger partial charge in [0.2, 0.25) is 0 Å². The van der Waals surface area contributed by atoms with Crippen molar-refractivity contribution in [3.05, 3.63) is 42.0 Å². The van der Waals surface area contributed by atoms with Crippen LogP contribution in [-0.2, 0) is 19.4 Å². The number of nitrogens with one attached hydrogen (secondary N) is 2. The molecule has 0 atom stereocenters. The van der Waals surface area contributed by atoms with Gasteiger partial charge in [-0.2, -0.15) is 0 Å². The molecule has 7 nitrogen and oxygen atoms in total. The van der Waals surface area contributed by atoms with Crippen molar-refractivity contribution in [1.82, 2.24) is 25.4 Å². The first-order valence-electron chi connectivity index (χ1n) is 8.21. The molecule has 2 rings (SSSR count). The first kappa shape index (κ1) is 17.8. The van der Waals surface area contributed by atoms with Gasteiger partial charge in [0.25, 0.3) is 0 Å². The Morgan fingerprint density at radius 2 is 2.04 bits per heavy atom. The summed E-state index contributed by atoms with van der Waals surface area (Å²) in [5.41, 5.74) is 1.18. The summed E-state index contributed by atoms with van der Waals surface area (Å²) in [6.07, 6.45) is 3.51. The highest BCUT2D eigenvalue weighted by molar-refractivity contribution is 5.79. The van der Waals surface area contributed by atoms with E-state index in [2.05, 4.69) is 43.4 Å². The van der Waals surface area contributed by atoms with Crippen LogP contribution in [0.4, 0.5) is 0 Å². The Labute approximate surface area is 143 Å². The number of hydrogen-bond donors (Lipinski definition) is 2. The minimum atomic E-state index is 0.763. The summed E-state index contributed by atoms with van der Waals surface area (Å²) >= 11 is 0. The number of guanidine groups is 1. The number of rotatable bonds is 8. The molecule has 2 aromatic rings. The van der Waals surface area contributed by atoms with Gasteiger partial charge in [-0.1, -0.05) is 25.1 Å². The number of para-hydroxylation sites is 1. The fraction of sp³-hybridized carbons (Fsp3) is 0.471. The van der Waals surface area contributed by atoms with E-state index in [0.29, 0.717) is 0 Å². The summed E-state index contributed by atoms with van der Waals surface area (Å²) in [4.78, 5) is 4.25. The molecule has 130 valence electrons. The van der Waals surface area contributed by atoms with Gasteiger partial charge >= 0.3 is 0 Å². The summed E-state index contributed by atoms with van der Waals surface area (Å²) in [5.74, 6) is 2.70. The van der Waals surface area contributed by atoms with Gasteiger partial charge in [0.05, 0.1) is 7.11 Å². The number of benzene rings is 1. The van der Waals surface area contributed by atoms with E-state index in [1.807, 2.05) is 18.2 Å². The van der Waals surface area contributed by atoms with Gasteiger partial charge in [-0.3, -0.25) is 4.99 Å². The second-order valence-corrected chi connectivity index (χ2v) is 5.28. The third-order valence-electron chi connectivity index (χ3n) is 3.76. The number of aliphatic imine (C=N–C) groups is 1. The van der Waals surface area contributed by atoms with Crippen molar-refractivity contribution < 1.29 is 4.74 Å². The summed E-state index contributed by atoms with van der Waals surface area (Å²) in [6.45, 7) is 4.43. The molecule has 0 fully saturated rings. The molecule has 0 saturated carbocycles. The van der Waals surface area contributed by atoms with E-state index in [4.69, 9.17) is 4.74 Å². The van der Waals surface area contributed by atoms with Crippen molar-refractivity contribution in [3.8, 4) is 5.75 Å². The third-order valence-corrected chi connectivity index (χ3v) is 3.76. The van der Waals surface area contributed by atoms with E-state index in [9.17, 15) is 0 Å². The molecule has 1 heterocycles. The highest BCUT2D eigenvalue weighted by Gasteiger charge is 2.04. The predicted molar refractivity (Wildman–Crippen MR) is 95.5 cm³/mol. The first-order chi connectivity index (χ1) is 11.8. The van der Waals surface area contributed by atoms with Crippen molar-refractivity contribution >= 4 is 5.96 Å². The molecule has 0 aliphatic carbocycles. The fourth-order valence-electron chi connectivity index (χ4n) is 2.48. The number of ether oxygens (including phenoxy) is 1. The molecule has 24 heavy (non-hydrogen) atoms. The van der Waals surface area contributed by atoms with Gasteiger partial charge in [-0.25, -0.2) is 0 Å². The van der Waals surface area contributed by atoms with Crippen LogP contribution in [-0.4, -0.2) is 48.0 Å². The fourth-order valence-corrected chi connectivity index (χ4v) is 2.48. The van der Waals surface area contributed by atoms with Crippen LogP contribution in [0.25, 0.3) is 0 Å². The standard InChI is InChI=1S/C17H26N6O/c1-4-16-22-21-13-23(16)12-11-20-17(18-2)19-10-9-14-7-5-6-8-15(14)24-3/h5-8,13H,4,9-12H2,1-3H3,(H2,18,19,20). The SMILES string of the molecule is CCc1nncn1CCNC(=NC)NCCc1ccccc1OC. The van der Waals surface area contributed by atoms with Gasteiger partial charge < -0.3 is 19.9 Å². The predicted octanol–water partition coefficient (Wildman–Crippen LogP) is 1.26. The monoisotopic (exact) mass is 330 g/mol. The van der Waals surface area contributed by atoms with Crippen LogP contribution >= 0.6 is 0 Å². The first-order valence-corrected chi connectivity index (χ1v) is 8.21. The average molecular weight is 330 g/mol. The van der Waals surface area contributed by atoms with Gasteiger partial charge in [0, 0.05) is 33.1 Å². The molecule has 7 heteroatoms. The third kappa shape index (κ3) is 4.97. The highest BCUT2D eigenvalue weighted by atomic mass is 16.5. The maximum absolute atomic E-state index is 5.37. The van der Waals surface area contributed by atoms with Crippen molar-refractivity contribution in [3.63, 3.8) is 0 Å². The van der Waals surface area contributed by atoms with Crippen LogP contribution in [0.15, 0.2) is 35.6 Å². The molecule has 0 aliphatic rings. The number of hydrogen-bond acceptors (Lipinski definition) is 4.